The van der Waals surface area contributed by atoms with Crippen LogP contribution in [0.15, 0.2) is 29.0 Å². The molecule has 1 N–H and O–H groups in total. The molecule has 1 aliphatic carbocycles. The summed E-state index contributed by atoms with van der Waals surface area (Å²) >= 11 is 0. The Morgan fingerprint density at radius 3 is 3.16 bits per heavy atom. The fourth-order valence-corrected chi connectivity index (χ4v) is 2.70. The Hall–Kier alpha value is -1.68. The van der Waals surface area contributed by atoms with E-state index in [4.69, 9.17) is 9.40 Å². The molecule has 1 unspecified atom stereocenters. The van der Waals surface area contributed by atoms with E-state index in [1.807, 2.05) is 18.3 Å². The van der Waals surface area contributed by atoms with Gasteiger partial charge in [-0.25, -0.2) is 9.97 Å². The minimum atomic E-state index is 0.396. The van der Waals surface area contributed by atoms with Crippen molar-refractivity contribution in [1.29, 1.82) is 0 Å². The van der Waals surface area contributed by atoms with Crippen LogP contribution in [0.25, 0.3) is 11.6 Å². The van der Waals surface area contributed by atoms with Crippen LogP contribution in [0.4, 0.5) is 0 Å². The summed E-state index contributed by atoms with van der Waals surface area (Å²) in [6.07, 6.45) is 8.27. The first kappa shape index (κ1) is 12.4. The third-order valence-corrected chi connectivity index (χ3v) is 3.62. The average Bonchev–Trinajstić information content (AvgIpc) is 2.89. The standard InChI is InChI=1S/C15H19N3O/c1-2-16-12-6-3-4-7-13-11(12)10-17-15(18-13)14-8-5-9-19-14/h5,8-10,12,16H,2-4,6-7H2,1H3. The molecule has 2 aromatic heterocycles. The summed E-state index contributed by atoms with van der Waals surface area (Å²) in [6, 6.07) is 4.17. The fraction of sp³-hybridized carbons (Fsp3) is 0.467. The highest BCUT2D eigenvalue weighted by atomic mass is 16.3. The van der Waals surface area contributed by atoms with Crippen LogP contribution < -0.4 is 5.32 Å². The Kier molecular flexibility index (Phi) is 3.60. The van der Waals surface area contributed by atoms with Gasteiger partial charge in [-0.15, -0.1) is 0 Å². The Morgan fingerprint density at radius 2 is 2.37 bits per heavy atom. The predicted molar refractivity (Wildman–Crippen MR) is 73.7 cm³/mol. The van der Waals surface area contributed by atoms with E-state index in [9.17, 15) is 0 Å². The van der Waals surface area contributed by atoms with Crippen molar-refractivity contribution in [2.45, 2.75) is 38.6 Å². The molecule has 19 heavy (non-hydrogen) atoms. The van der Waals surface area contributed by atoms with Crippen molar-refractivity contribution in [2.75, 3.05) is 6.54 Å². The second kappa shape index (κ2) is 5.53. The lowest BCUT2D eigenvalue weighted by atomic mass is 10.0. The first-order valence-electron chi connectivity index (χ1n) is 7.01. The maximum Gasteiger partial charge on any atom is 0.195 e. The van der Waals surface area contributed by atoms with Crippen LogP contribution in [0, 0.1) is 0 Å². The van der Waals surface area contributed by atoms with Crippen molar-refractivity contribution < 1.29 is 4.42 Å². The molecule has 0 spiro atoms. The molecular weight excluding hydrogens is 238 g/mol. The van der Waals surface area contributed by atoms with Crippen LogP contribution in [0.2, 0.25) is 0 Å². The van der Waals surface area contributed by atoms with E-state index in [0.29, 0.717) is 11.9 Å². The quantitative estimate of drug-likeness (QED) is 0.858. The lowest BCUT2D eigenvalue weighted by Gasteiger charge is -2.17. The Labute approximate surface area is 113 Å². The minimum Gasteiger partial charge on any atom is -0.461 e. The van der Waals surface area contributed by atoms with Crippen molar-refractivity contribution in [3.63, 3.8) is 0 Å². The van der Waals surface area contributed by atoms with E-state index in [1.165, 1.54) is 30.5 Å². The zero-order valence-corrected chi connectivity index (χ0v) is 11.2. The second-order valence-corrected chi connectivity index (χ2v) is 4.93. The highest BCUT2D eigenvalue weighted by Crippen LogP contribution is 2.28. The normalized spacial score (nSPS) is 18.9. The number of furan rings is 1. The first-order valence-corrected chi connectivity index (χ1v) is 7.01. The SMILES string of the molecule is CCNC1CCCCc2nc(-c3ccco3)ncc21. The zero-order valence-electron chi connectivity index (χ0n) is 11.2. The van der Waals surface area contributed by atoms with E-state index >= 15 is 0 Å². The molecule has 0 aromatic carbocycles. The number of nitrogens with one attached hydrogen (secondary N) is 1. The van der Waals surface area contributed by atoms with Gasteiger partial charge in [0.2, 0.25) is 0 Å². The molecule has 0 bridgehead atoms. The number of aryl methyl sites for hydroxylation is 1. The number of nitrogens with zero attached hydrogens (tertiary/aromatic N) is 2. The van der Waals surface area contributed by atoms with Gasteiger partial charge in [-0.1, -0.05) is 13.3 Å². The molecule has 3 rings (SSSR count). The number of hydrogen-bond donors (Lipinski definition) is 1. The van der Waals surface area contributed by atoms with Crippen molar-refractivity contribution in [3.05, 3.63) is 35.9 Å². The van der Waals surface area contributed by atoms with Crippen molar-refractivity contribution >= 4 is 0 Å². The Morgan fingerprint density at radius 1 is 1.42 bits per heavy atom. The lowest BCUT2D eigenvalue weighted by Crippen LogP contribution is -2.21. The monoisotopic (exact) mass is 257 g/mol. The van der Waals surface area contributed by atoms with Crippen LogP contribution in [0.1, 0.15) is 43.5 Å². The molecule has 1 aliphatic rings. The maximum absolute atomic E-state index is 5.38. The molecular formula is C15H19N3O. The molecule has 0 amide bonds. The van der Waals surface area contributed by atoms with Gasteiger partial charge in [0.1, 0.15) is 0 Å². The Bertz CT molecular complexity index is 536. The van der Waals surface area contributed by atoms with E-state index in [1.54, 1.807) is 6.26 Å². The first-order chi connectivity index (χ1) is 9.38. The summed E-state index contributed by atoms with van der Waals surface area (Å²) < 4.78 is 5.38. The molecule has 0 saturated heterocycles. The molecule has 1 atom stereocenters. The van der Waals surface area contributed by atoms with Gasteiger partial charge < -0.3 is 9.73 Å². The van der Waals surface area contributed by atoms with Crippen molar-refractivity contribution in [1.82, 2.24) is 15.3 Å². The van der Waals surface area contributed by atoms with Gasteiger partial charge in [0, 0.05) is 23.5 Å². The summed E-state index contributed by atoms with van der Waals surface area (Å²) in [7, 11) is 0. The molecule has 0 saturated carbocycles. The van der Waals surface area contributed by atoms with Gasteiger partial charge in [-0.05, 0) is 37.9 Å². The van der Waals surface area contributed by atoms with Gasteiger partial charge in [0.15, 0.2) is 11.6 Å². The minimum absolute atomic E-state index is 0.396. The summed E-state index contributed by atoms with van der Waals surface area (Å²) in [6.45, 7) is 3.12. The molecule has 2 aromatic rings. The fourth-order valence-electron chi connectivity index (χ4n) is 2.70. The van der Waals surface area contributed by atoms with Gasteiger partial charge in [-0.3, -0.25) is 0 Å². The maximum atomic E-state index is 5.38. The predicted octanol–water partition coefficient (Wildman–Crippen LogP) is 3.11. The van der Waals surface area contributed by atoms with Gasteiger partial charge in [0.25, 0.3) is 0 Å². The highest BCUT2D eigenvalue weighted by Gasteiger charge is 2.20. The van der Waals surface area contributed by atoms with E-state index in [-0.39, 0.29) is 0 Å². The third-order valence-electron chi connectivity index (χ3n) is 3.62. The van der Waals surface area contributed by atoms with Gasteiger partial charge in [0.05, 0.1) is 6.26 Å². The Balaban J connectivity index is 1.97. The summed E-state index contributed by atoms with van der Waals surface area (Å²) in [5.74, 6) is 1.44. The molecule has 100 valence electrons. The van der Waals surface area contributed by atoms with Crippen LogP contribution in [0.3, 0.4) is 0 Å². The summed E-state index contributed by atoms with van der Waals surface area (Å²) in [5, 5.41) is 3.53. The number of rotatable bonds is 3. The van der Waals surface area contributed by atoms with Crippen LogP contribution >= 0.6 is 0 Å². The lowest BCUT2D eigenvalue weighted by molar-refractivity contribution is 0.502. The third kappa shape index (κ3) is 2.54. The summed E-state index contributed by atoms with van der Waals surface area (Å²) in [4.78, 5) is 9.17. The molecule has 0 aliphatic heterocycles. The van der Waals surface area contributed by atoms with Crippen molar-refractivity contribution in [3.8, 4) is 11.6 Å². The topological polar surface area (TPSA) is 51.0 Å². The number of aromatic nitrogens is 2. The van der Waals surface area contributed by atoms with E-state index in [2.05, 4.69) is 17.2 Å². The van der Waals surface area contributed by atoms with Gasteiger partial charge >= 0.3 is 0 Å². The molecule has 4 heteroatoms. The summed E-state index contributed by atoms with van der Waals surface area (Å²) in [5.41, 5.74) is 2.43. The molecule has 0 fully saturated rings. The van der Waals surface area contributed by atoms with Crippen LogP contribution in [-0.2, 0) is 6.42 Å². The molecule has 0 radical (unpaired) electrons. The average molecular weight is 257 g/mol. The highest BCUT2D eigenvalue weighted by molar-refractivity contribution is 5.47. The largest absolute Gasteiger partial charge is 0.461 e. The zero-order chi connectivity index (χ0) is 13.1. The number of hydrogen-bond acceptors (Lipinski definition) is 4. The second-order valence-electron chi connectivity index (χ2n) is 4.93. The molecule has 2 heterocycles. The van der Waals surface area contributed by atoms with Crippen LogP contribution in [-0.4, -0.2) is 16.5 Å². The number of fused-ring (bicyclic) bond motifs is 1. The smallest absolute Gasteiger partial charge is 0.195 e. The molecule has 4 nitrogen and oxygen atoms in total. The van der Waals surface area contributed by atoms with Crippen LogP contribution in [0.5, 0.6) is 0 Å². The van der Waals surface area contributed by atoms with E-state index in [0.717, 1.165) is 18.7 Å². The van der Waals surface area contributed by atoms with Gasteiger partial charge in [-0.2, -0.15) is 0 Å². The van der Waals surface area contributed by atoms with Crippen molar-refractivity contribution in [2.24, 2.45) is 0 Å². The van der Waals surface area contributed by atoms with E-state index < -0.39 is 0 Å².